The van der Waals surface area contributed by atoms with Gasteiger partial charge in [-0.1, -0.05) is 0 Å². The molecule has 6 heteroatoms. The molecule has 112 valence electrons. The number of carbonyl (C=O) groups excluding carboxylic acids is 1. The average molecular weight is 304 g/mol. The third kappa shape index (κ3) is 2.50. The molecule has 0 radical (unpaired) electrons. The number of pyridine rings is 2. The van der Waals surface area contributed by atoms with Crippen LogP contribution in [0.4, 0.5) is 5.69 Å². The average Bonchev–Trinajstić information content (AvgIpc) is 2.93. The van der Waals surface area contributed by atoms with E-state index in [-0.39, 0.29) is 5.91 Å². The fourth-order valence-electron chi connectivity index (χ4n) is 2.42. The topological polar surface area (TPSA) is 80.9 Å². The van der Waals surface area contributed by atoms with Crippen LogP contribution in [0.1, 0.15) is 16.2 Å². The largest absolute Gasteiger partial charge is 0.441 e. The molecule has 23 heavy (non-hydrogen) atoms. The fourth-order valence-corrected chi connectivity index (χ4v) is 2.42. The van der Waals surface area contributed by atoms with Gasteiger partial charge in [0.25, 0.3) is 5.91 Å². The number of oxazole rings is 1. The molecule has 0 aliphatic rings. The number of fused-ring (bicyclic) bond motifs is 2. The van der Waals surface area contributed by atoms with Crippen LogP contribution < -0.4 is 5.32 Å². The van der Waals surface area contributed by atoms with Crippen LogP contribution in [0.2, 0.25) is 0 Å². The van der Waals surface area contributed by atoms with E-state index < -0.39 is 0 Å². The molecule has 0 atom stereocenters. The number of aryl methyl sites for hydroxylation is 1. The van der Waals surface area contributed by atoms with E-state index in [4.69, 9.17) is 4.42 Å². The van der Waals surface area contributed by atoms with Crippen LogP contribution in [0.15, 0.2) is 53.3 Å². The summed E-state index contributed by atoms with van der Waals surface area (Å²) in [6.45, 7) is 1.79. The second kappa shape index (κ2) is 5.17. The minimum Gasteiger partial charge on any atom is -0.441 e. The number of rotatable bonds is 2. The molecule has 1 amide bonds. The third-order valence-corrected chi connectivity index (χ3v) is 3.50. The Morgan fingerprint density at radius 1 is 1.13 bits per heavy atom. The molecule has 1 aromatic carbocycles. The van der Waals surface area contributed by atoms with Crippen molar-refractivity contribution in [2.75, 3.05) is 5.32 Å². The zero-order valence-electron chi connectivity index (χ0n) is 12.3. The van der Waals surface area contributed by atoms with Crippen molar-refractivity contribution < 1.29 is 9.21 Å². The van der Waals surface area contributed by atoms with E-state index in [0.29, 0.717) is 28.2 Å². The van der Waals surface area contributed by atoms with Crippen molar-refractivity contribution in [3.05, 3.63) is 60.4 Å². The Balaban J connectivity index is 1.64. The van der Waals surface area contributed by atoms with Crippen LogP contribution in [0, 0.1) is 6.92 Å². The summed E-state index contributed by atoms with van der Waals surface area (Å²) in [5, 5.41) is 3.72. The van der Waals surface area contributed by atoms with Crippen molar-refractivity contribution in [2.45, 2.75) is 6.92 Å². The number of anilines is 1. The number of nitrogens with zero attached hydrogens (tertiary/aromatic N) is 3. The lowest BCUT2D eigenvalue weighted by atomic mass is 10.2. The lowest BCUT2D eigenvalue weighted by molar-refractivity contribution is 0.102. The predicted molar refractivity (Wildman–Crippen MR) is 86.2 cm³/mol. The van der Waals surface area contributed by atoms with E-state index in [9.17, 15) is 4.79 Å². The molecular formula is C17H12N4O2. The molecule has 0 saturated carbocycles. The SMILES string of the molecule is Cc1nc2cc(NC(=O)c3cnc4cnccc4c3)ccc2o1. The van der Waals surface area contributed by atoms with Gasteiger partial charge in [-0.15, -0.1) is 0 Å². The number of amides is 1. The first kappa shape index (κ1) is 13.4. The Morgan fingerprint density at radius 2 is 2.04 bits per heavy atom. The van der Waals surface area contributed by atoms with Gasteiger partial charge in [0.1, 0.15) is 5.52 Å². The van der Waals surface area contributed by atoms with Crippen LogP contribution in [-0.2, 0) is 0 Å². The predicted octanol–water partition coefficient (Wildman–Crippen LogP) is 3.33. The zero-order valence-corrected chi connectivity index (χ0v) is 12.3. The number of nitrogens with one attached hydrogen (secondary N) is 1. The molecule has 0 bridgehead atoms. The zero-order chi connectivity index (χ0) is 15.8. The summed E-state index contributed by atoms with van der Waals surface area (Å²) < 4.78 is 5.42. The number of hydrogen-bond donors (Lipinski definition) is 1. The van der Waals surface area contributed by atoms with Gasteiger partial charge in [0, 0.05) is 30.4 Å². The molecule has 0 fully saturated rings. The maximum absolute atomic E-state index is 12.4. The molecule has 3 heterocycles. The van der Waals surface area contributed by atoms with Gasteiger partial charge in [-0.2, -0.15) is 0 Å². The highest BCUT2D eigenvalue weighted by atomic mass is 16.3. The summed E-state index contributed by atoms with van der Waals surface area (Å²) in [5.41, 5.74) is 3.30. The van der Waals surface area contributed by atoms with Gasteiger partial charge >= 0.3 is 0 Å². The van der Waals surface area contributed by atoms with E-state index in [2.05, 4.69) is 20.3 Å². The molecule has 6 nitrogen and oxygen atoms in total. The Bertz CT molecular complexity index is 1040. The van der Waals surface area contributed by atoms with Gasteiger partial charge in [-0.05, 0) is 30.3 Å². The number of carbonyl (C=O) groups is 1. The summed E-state index contributed by atoms with van der Waals surface area (Å²) in [6, 6.07) is 8.96. The first-order valence-electron chi connectivity index (χ1n) is 7.07. The van der Waals surface area contributed by atoms with Gasteiger partial charge in [-0.3, -0.25) is 14.8 Å². The lowest BCUT2D eigenvalue weighted by Crippen LogP contribution is -2.12. The lowest BCUT2D eigenvalue weighted by Gasteiger charge is -2.05. The highest BCUT2D eigenvalue weighted by molar-refractivity contribution is 6.06. The van der Waals surface area contributed by atoms with Crippen molar-refractivity contribution in [1.82, 2.24) is 15.0 Å². The van der Waals surface area contributed by atoms with Crippen LogP contribution in [0.25, 0.3) is 22.0 Å². The van der Waals surface area contributed by atoms with Crippen molar-refractivity contribution in [3.63, 3.8) is 0 Å². The molecule has 1 N–H and O–H groups in total. The molecule has 0 spiro atoms. The molecule has 4 aromatic rings. The molecule has 0 unspecified atom stereocenters. The number of benzene rings is 1. The van der Waals surface area contributed by atoms with Crippen molar-refractivity contribution in [1.29, 1.82) is 0 Å². The minimum absolute atomic E-state index is 0.226. The fraction of sp³-hybridized carbons (Fsp3) is 0.0588. The van der Waals surface area contributed by atoms with E-state index in [1.54, 1.807) is 43.6 Å². The first-order chi connectivity index (χ1) is 11.2. The quantitative estimate of drug-likeness (QED) is 0.614. The van der Waals surface area contributed by atoms with Gasteiger partial charge in [0.2, 0.25) is 0 Å². The van der Waals surface area contributed by atoms with Gasteiger partial charge in [-0.25, -0.2) is 4.98 Å². The third-order valence-electron chi connectivity index (χ3n) is 3.50. The minimum atomic E-state index is -0.226. The second-order valence-electron chi connectivity index (χ2n) is 5.16. The van der Waals surface area contributed by atoms with Gasteiger partial charge < -0.3 is 9.73 Å². The molecule has 0 saturated heterocycles. The summed E-state index contributed by atoms with van der Waals surface area (Å²) >= 11 is 0. The van der Waals surface area contributed by atoms with Gasteiger partial charge in [0.05, 0.1) is 17.3 Å². The number of hydrogen-bond acceptors (Lipinski definition) is 5. The Labute approximate surface area is 131 Å². The molecular weight excluding hydrogens is 292 g/mol. The maximum Gasteiger partial charge on any atom is 0.257 e. The molecule has 0 aliphatic carbocycles. The Morgan fingerprint density at radius 3 is 2.96 bits per heavy atom. The molecule has 0 aliphatic heterocycles. The van der Waals surface area contributed by atoms with Gasteiger partial charge in [0.15, 0.2) is 11.5 Å². The highest BCUT2D eigenvalue weighted by Crippen LogP contribution is 2.20. The van der Waals surface area contributed by atoms with Crippen LogP contribution >= 0.6 is 0 Å². The van der Waals surface area contributed by atoms with E-state index in [0.717, 1.165) is 10.9 Å². The van der Waals surface area contributed by atoms with Crippen LogP contribution in [0.3, 0.4) is 0 Å². The number of aromatic nitrogens is 3. The second-order valence-corrected chi connectivity index (χ2v) is 5.16. The van der Waals surface area contributed by atoms with Crippen LogP contribution in [0.5, 0.6) is 0 Å². The van der Waals surface area contributed by atoms with Crippen LogP contribution in [-0.4, -0.2) is 20.9 Å². The summed E-state index contributed by atoms with van der Waals surface area (Å²) in [6.07, 6.45) is 4.88. The first-order valence-corrected chi connectivity index (χ1v) is 7.07. The van der Waals surface area contributed by atoms with E-state index in [1.165, 1.54) is 6.20 Å². The van der Waals surface area contributed by atoms with Crippen molar-refractivity contribution in [3.8, 4) is 0 Å². The van der Waals surface area contributed by atoms with Crippen molar-refractivity contribution in [2.24, 2.45) is 0 Å². The maximum atomic E-state index is 12.4. The standard InChI is InChI=1S/C17H12N4O2/c1-10-20-14-7-13(2-3-16(14)23-10)21-17(22)12-6-11-4-5-18-9-15(11)19-8-12/h2-9H,1H3,(H,21,22). The smallest absolute Gasteiger partial charge is 0.257 e. The Hall–Kier alpha value is -3.28. The van der Waals surface area contributed by atoms with E-state index in [1.807, 2.05) is 6.07 Å². The summed E-state index contributed by atoms with van der Waals surface area (Å²) in [7, 11) is 0. The van der Waals surface area contributed by atoms with Crippen molar-refractivity contribution >= 4 is 33.6 Å². The Kier molecular flexibility index (Phi) is 3.01. The normalized spacial score (nSPS) is 11.0. The molecule has 3 aromatic heterocycles. The summed E-state index contributed by atoms with van der Waals surface area (Å²) in [4.78, 5) is 24.9. The van der Waals surface area contributed by atoms with E-state index >= 15 is 0 Å². The highest BCUT2D eigenvalue weighted by Gasteiger charge is 2.09. The molecule has 4 rings (SSSR count). The monoisotopic (exact) mass is 304 g/mol. The summed E-state index contributed by atoms with van der Waals surface area (Å²) in [5.74, 6) is 0.367.